The molecule has 2 nitrogen and oxygen atoms in total. The maximum absolute atomic E-state index is 11.4. The van der Waals surface area contributed by atoms with Gasteiger partial charge < -0.3 is 4.90 Å². The molecule has 0 aromatic heterocycles. The highest BCUT2D eigenvalue weighted by Crippen LogP contribution is 2.11. The Bertz CT molecular complexity index is 156. The maximum Gasteiger partial charge on any atom is 0.222 e. The molecule has 0 aliphatic carbocycles. The van der Waals surface area contributed by atoms with Gasteiger partial charge in [-0.05, 0) is 19.3 Å². The van der Waals surface area contributed by atoms with Crippen LogP contribution >= 0.6 is 0 Å². The van der Waals surface area contributed by atoms with Gasteiger partial charge in [-0.15, -0.1) is 0 Å². The van der Waals surface area contributed by atoms with E-state index in [0.717, 1.165) is 25.9 Å². The highest BCUT2D eigenvalue weighted by atomic mass is 16.2. The van der Waals surface area contributed by atoms with E-state index < -0.39 is 0 Å². The smallest absolute Gasteiger partial charge is 0.222 e. The fourth-order valence-corrected chi connectivity index (χ4v) is 1.83. The second kappa shape index (κ2) is 6.01. The van der Waals surface area contributed by atoms with Gasteiger partial charge >= 0.3 is 0 Å². The average Bonchev–Trinajstić information content (AvgIpc) is 2.15. The van der Waals surface area contributed by atoms with Crippen molar-refractivity contribution in [2.75, 3.05) is 13.1 Å². The summed E-state index contributed by atoms with van der Waals surface area (Å²) >= 11 is 0. The van der Waals surface area contributed by atoms with Gasteiger partial charge in [0.15, 0.2) is 0 Å². The molecule has 76 valence electrons. The van der Waals surface area contributed by atoms with Crippen LogP contribution in [0.5, 0.6) is 0 Å². The van der Waals surface area contributed by atoms with Gasteiger partial charge in [0.2, 0.25) is 5.91 Å². The topological polar surface area (TPSA) is 20.3 Å². The lowest BCUT2D eigenvalue weighted by atomic mass is 10.1. The van der Waals surface area contributed by atoms with Gasteiger partial charge in [-0.3, -0.25) is 4.79 Å². The molecule has 1 aliphatic rings. The number of unbranched alkanes of at least 4 members (excludes halogenated alkanes) is 3. The SMILES string of the molecule is CCCCCCN1CCCCC1=O. The zero-order valence-electron chi connectivity index (χ0n) is 8.72. The summed E-state index contributed by atoms with van der Waals surface area (Å²) < 4.78 is 0. The van der Waals surface area contributed by atoms with Crippen LogP contribution in [0, 0.1) is 0 Å². The highest BCUT2D eigenvalue weighted by molar-refractivity contribution is 5.76. The van der Waals surface area contributed by atoms with E-state index in [1.54, 1.807) is 0 Å². The summed E-state index contributed by atoms with van der Waals surface area (Å²) in [6.07, 6.45) is 8.15. The van der Waals surface area contributed by atoms with Crippen LogP contribution in [0.2, 0.25) is 0 Å². The van der Waals surface area contributed by atoms with Crippen molar-refractivity contribution >= 4 is 5.91 Å². The molecule has 0 unspecified atom stereocenters. The Morgan fingerprint density at radius 2 is 2.08 bits per heavy atom. The summed E-state index contributed by atoms with van der Waals surface area (Å²) in [4.78, 5) is 13.4. The van der Waals surface area contributed by atoms with Crippen LogP contribution in [0.25, 0.3) is 0 Å². The molecule has 1 heterocycles. The minimum Gasteiger partial charge on any atom is -0.343 e. The monoisotopic (exact) mass is 183 g/mol. The largest absolute Gasteiger partial charge is 0.343 e. The van der Waals surface area contributed by atoms with E-state index in [0.29, 0.717) is 5.91 Å². The molecular weight excluding hydrogens is 162 g/mol. The number of carbonyl (C=O) groups is 1. The van der Waals surface area contributed by atoms with Crippen LogP contribution < -0.4 is 0 Å². The van der Waals surface area contributed by atoms with E-state index in [-0.39, 0.29) is 0 Å². The first kappa shape index (κ1) is 10.6. The zero-order chi connectivity index (χ0) is 9.52. The average molecular weight is 183 g/mol. The lowest BCUT2D eigenvalue weighted by Gasteiger charge is -2.26. The Balaban J connectivity index is 2.08. The lowest BCUT2D eigenvalue weighted by Crippen LogP contribution is -2.35. The fraction of sp³-hybridized carbons (Fsp3) is 0.909. The molecule has 1 fully saturated rings. The highest BCUT2D eigenvalue weighted by Gasteiger charge is 2.16. The van der Waals surface area contributed by atoms with Gasteiger partial charge in [0, 0.05) is 19.5 Å². The molecule has 13 heavy (non-hydrogen) atoms. The number of carbonyl (C=O) groups excluding carboxylic acids is 1. The third kappa shape index (κ3) is 3.79. The lowest BCUT2D eigenvalue weighted by molar-refractivity contribution is -0.133. The number of hydrogen-bond acceptors (Lipinski definition) is 1. The van der Waals surface area contributed by atoms with Crippen LogP contribution in [-0.4, -0.2) is 23.9 Å². The van der Waals surface area contributed by atoms with Crippen molar-refractivity contribution in [2.24, 2.45) is 0 Å². The molecule has 2 heteroatoms. The standard InChI is InChI=1S/C11H21NO/c1-2-3-4-6-9-12-10-7-5-8-11(12)13/h2-10H2,1H3. The van der Waals surface area contributed by atoms with Crippen LogP contribution in [0.4, 0.5) is 0 Å². The van der Waals surface area contributed by atoms with Gasteiger partial charge in [-0.1, -0.05) is 26.2 Å². The van der Waals surface area contributed by atoms with Crippen molar-refractivity contribution in [3.8, 4) is 0 Å². The van der Waals surface area contributed by atoms with Crippen LogP contribution in [0.15, 0.2) is 0 Å². The number of piperidine rings is 1. The molecule has 0 spiro atoms. The molecule has 1 rings (SSSR count). The van der Waals surface area contributed by atoms with Crippen LogP contribution in [0.1, 0.15) is 51.9 Å². The second-order valence-corrected chi connectivity index (χ2v) is 3.90. The summed E-state index contributed by atoms with van der Waals surface area (Å²) in [6, 6.07) is 0. The maximum atomic E-state index is 11.4. The molecule has 1 saturated heterocycles. The normalized spacial score (nSPS) is 17.9. The number of amides is 1. The van der Waals surface area contributed by atoms with E-state index in [2.05, 4.69) is 6.92 Å². The second-order valence-electron chi connectivity index (χ2n) is 3.90. The van der Waals surface area contributed by atoms with E-state index >= 15 is 0 Å². The first-order valence-corrected chi connectivity index (χ1v) is 5.62. The third-order valence-electron chi connectivity index (χ3n) is 2.70. The molecule has 1 amide bonds. The predicted octanol–water partition coefficient (Wildman–Crippen LogP) is 2.58. The summed E-state index contributed by atoms with van der Waals surface area (Å²) in [6.45, 7) is 4.22. The molecule has 0 atom stereocenters. The van der Waals surface area contributed by atoms with Crippen molar-refractivity contribution < 1.29 is 4.79 Å². The van der Waals surface area contributed by atoms with Crippen molar-refractivity contribution in [2.45, 2.75) is 51.9 Å². The number of hydrogen-bond donors (Lipinski definition) is 0. The molecule has 0 radical (unpaired) electrons. The third-order valence-corrected chi connectivity index (χ3v) is 2.70. The van der Waals surface area contributed by atoms with E-state index in [4.69, 9.17) is 0 Å². The molecular formula is C11H21NO. The van der Waals surface area contributed by atoms with Crippen molar-refractivity contribution in [1.29, 1.82) is 0 Å². The molecule has 0 N–H and O–H groups in total. The molecule has 0 bridgehead atoms. The minimum absolute atomic E-state index is 0.378. The van der Waals surface area contributed by atoms with E-state index in [1.807, 2.05) is 4.90 Å². The zero-order valence-corrected chi connectivity index (χ0v) is 8.72. The predicted molar refractivity (Wildman–Crippen MR) is 54.6 cm³/mol. The molecule has 0 aromatic rings. The summed E-state index contributed by atoms with van der Waals surface area (Å²) in [5.41, 5.74) is 0. The van der Waals surface area contributed by atoms with E-state index in [9.17, 15) is 4.79 Å². The first-order valence-electron chi connectivity index (χ1n) is 5.62. The Labute approximate surface area is 81.3 Å². The molecule has 0 saturated carbocycles. The Hall–Kier alpha value is -0.530. The van der Waals surface area contributed by atoms with E-state index in [1.165, 1.54) is 32.1 Å². The van der Waals surface area contributed by atoms with Gasteiger partial charge in [0.05, 0.1) is 0 Å². The van der Waals surface area contributed by atoms with Crippen molar-refractivity contribution in [1.82, 2.24) is 4.90 Å². The fourth-order valence-electron chi connectivity index (χ4n) is 1.83. The van der Waals surface area contributed by atoms with Crippen LogP contribution in [-0.2, 0) is 4.79 Å². The Morgan fingerprint density at radius 3 is 2.77 bits per heavy atom. The van der Waals surface area contributed by atoms with Gasteiger partial charge in [0.1, 0.15) is 0 Å². The van der Waals surface area contributed by atoms with Gasteiger partial charge in [-0.25, -0.2) is 0 Å². The number of nitrogens with zero attached hydrogens (tertiary/aromatic N) is 1. The molecule has 1 aliphatic heterocycles. The van der Waals surface area contributed by atoms with Gasteiger partial charge in [-0.2, -0.15) is 0 Å². The van der Waals surface area contributed by atoms with Crippen LogP contribution in [0.3, 0.4) is 0 Å². The number of rotatable bonds is 5. The summed E-state index contributed by atoms with van der Waals surface area (Å²) in [5.74, 6) is 0.378. The number of likely N-dealkylation sites (tertiary alicyclic amines) is 1. The van der Waals surface area contributed by atoms with Gasteiger partial charge in [0.25, 0.3) is 0 Å². The Kier molecular flexibility index (Phi) is 4.87. The quantitative estimate of drug-likeness (QED) is 0.600. The minimum atomic E-state index is 0.378. The Morgan fingerprint density at radius 1 is 1.23 bits per heavy atom. The summed E-state index contributed by atoms with van der Waals surface area (Å²) in [7, 11) is 0. The van der Waals surface area contributed by atoms with Crippen molar-refractivity contribution in [3.63, 3.8) is 0 Å². The summed E-state index contributed by atoms with van der Waals surface area (Å²) in [5, 5.41) is 0. The molecule has 0 aromatic carbocycles. The first-order chi connectivity index (χ1) is 6.34. The van der Waals surface area contributed by atoms with Crippen molar-refractivity contribution in [3.05, 3.63) is 0 Å².